The third kappa shape index (κ3) is 3.54. The van der Waals surface area contributed by atoms with Gasteiger partial charge in [0.05, 0.1) is 11.6 Å². The molecule has 5 heteroatoms. The van der Waals surface area contributed by atoms with E-state index in [9.17, 15) is 4.79 Å². The maximum atomic E-state index is 13.5. The fourth-order valence-corrected chi connectivity index (χ4v) is 5.17. The van der Waals surface area contributed by atoms with E-state index in [0.29, 0.717) is 24.5 Å². The van der Waals surface area contributed by atoms with Gasteiger partial charge >= 0.3 is 0 Å². The van der Waals surface area contributed by atoms with Crippen LogP contribution in [0.1, 0.15) is 42.0 Å². The van der Waals surface area contributed by atoms with Gasteiger partial charge in [0.25, 0.3) is 0 Å². The van der Waals surface area contributed by atoms with Gasteiger partial charge in [-0.3, -0.25) is 9.69 Å². The minimum Gasteiger partial charge on any atom is -0.378 e. The first kappa shape index (κ1) is 20.9. The van der Waals surface area contributed by atoms with Crippen molar-refractivity contribution in [3.63, 3.8) is 0 Å². The number of piperidine rings is 1. The van der Waals surface area contributed by atoms with Crippen LogP contribution >= 0.6 is 11.6 Å². The summed E-state index contributed by atoms with van der Waals surface area (Å²) < 4.78 is 0. The summed E-state index contributed by atoms with van der Waals surface area (Å²) in [6.07, 6.45) is 0.412. The van der Waals surface area contributed by atoms with E-state index in [0.717, 1.165) is 16.8 Å². The van der Waals surface area contributed by atoms with E-state index in [-0.39, 0.29) is 17.7 Å². The summed E-state index contributed by atoms with van der Waals surface area (Å²) in [5, 5.41) is 5.13. The third-order valence-electron chi connectivity index (χ3n) is 6.70. The summed E-state index contributed by atoms with van der Waals surface area (Å²) in [7, 11) is 0. The Balaban J connectivity index is 1.58. The number of benzene rings is 3. The summed E-state index contributed by atoms with van der Waals surface area (Å²) in [6, 6.07) is 28.1. The molecule has 0 N–H and O–H groups in total. The maximum absolute atomic E-state index is 13.5. The zero-order valence-corrected chi connectivity index (χ0v) is 18.7. The Morgan fingerprint density at radius 2 is 1.66 bits per heavy atom. The molecule has 1 unspecified atom stereocenters. The molecule has 0 saturated carbocycles. The Labute approximate surface area is 193 Å². The predicted molar refractivity (Wildman–Crippen MR) is 127 cm³/mol. The number of hydrogen-bond acceptors (Lipinski definition) is 4. The normalized spacial score (nSPS) is 24.2. The zero-order chi connectivity index (χ0) is 22.1. The summed E-state index contributed by atoms with van der Waals surface area (Å²) in [5.74, 6) is -0.300. The van der Waals surface area contributed by atoms with E-state index >= 15 is 0 Å². The second-order valence-corrected chi connectivity index (χ2v) is 8.92. The topological polar surface area (TPSA) is 41.9 Å². The van der Waals surface area contributed by atoms with E-state index in [2.05, 4.69) is 29.1 Å². The number of nitrogens with zero attached hydrogens (tertiary/aromatic N) is 2. The van der Waals surface area contributed by atoms with Gasteiger partial charge in [0.2, 0.25) is 5.60 Å². The number of rotatable bonds is 4. The lowest BCUT2D eigenvalue weighted by atomic mass is 9.72. The lowest BCUT2D eigenvalue weighted by Crippen LogP contribution is -2.58. The molecular formula is C27H25ClN2O2. The molecule has 5 rings (SSSR count). The summed E-state index contributed by atoms with van der Waals surface area (Å²) in [6.45, 7) is 3.32. The van der Waals surface area contributed by atoms with Gasteiger partial charge in [0.15, 0.2) is 5.78 Å². The monoisotopic (exact) mass is 444 g/mol. The van der Waals surface area contributed by atoms with Gasteiger partial charge in [-0.1, -0.05) is 95.6 Å². The van der Waals surface area contributed by atoms with Crippen LogP contribution in [0.5, 0.6) is 0 Å². The molecule has 0 aromatic heterocycles. The molecule has 1 fully saturated rings. The van der Waals surface area contributed by atoms with Crippen LogP contribution in [0.2, 0.25) is 5.02 Å². The molecule has 32 heavy (non-hydrogen) atoms. The van der Waals surface area contributed by atoms with E-state index < -0.39 is 5.60 Å². The van der Waals surface area contributed by atoms with Gasteiger partial charge < -0.3 is 4.84 Å². The van der Waals surface area contributed by atoms with E-state index in [1.807, 2.05) is 72.8 Å². The van der Waals surface area contributed by atoms with E-state index in [4.69, 9.17) is 16.4 Å². The Morgan fingerprint density at radius 1 is 1.00 bits per heavy atom. The Bertz CT molecular complexity index is 1150. The summed E-state index contributed by atoms with van der Waals surface area (Å²) in [5.41, 5.74) is 2.68. The van der Waals surface area contributed by atoms with E-state index in [1.54, 1.807) is 0 Å². The van der Waals surface area contributed by atoms with Crippen LogP contribution in [-0.4, -0.2) is 35.1 Å². The maximum Gasteiger partial charge on any atom is 0.220 e. The van der Waals surface area contributed by atoms with Crippen molar-refractivity contribution >= 4 is 23.1 Å². The SMILES string of the molecule is C[C@H](c1ccccc1)N1CCC(=O)C2(C1)ON=C(c1ccccc1)[C@H]2c1ccccc1Cl. The van der Waals surface area contributed by atoms with Crippen molar-refractivity contribution < 1.29 is 9.63 Å². The Hall–Kier alpha value is -2.95. The van der Waals surface area contributed by atoms with Gasteiger partial charge in [-0.25, -0.2) is 0 Å². The molecule has 162 valence electrons. The molecule has 3 atom stereocenters. The molecular weight excluding hydrogens is 420 g/mol. The minimum atomic E-state index is -1.10. The number of hydrogen-bond donors (Lipinski definition) is 0. The first-order valence-corrected chi connectivity index (χ1v) is 11.4. The highest BCUT2D eigenvalue weighted by Crippen LogP contribution is 2.46. The van der Waals surface area contributed by atoms with Crippen LogP contribution in [0, 0.1) is 0 Å². The Morgan fingerprint density at radius 3 is 2.38 bits per heavy atom. The number of ketones is 1. The Kier molecular flexibility index (Phi) is 5.58. The van der Waals surface area contributed by atoms with Crippen LogP contribution in [-0.2, 0) is 9.63 Å². The molecule has 0 radical (unpaired) electrons. The highest BCUT2D eigenvalue weighted by Gasteiger charge is 2.58. The number of carbonyl (C=O) groups is 1. The number of Topliss-reactive ketones (excluding diaryl/α,β-unsaturated/α-hetero) is 1. The minimum absolute atomic E-state index is 0.0774. The van der Waals surface area contributed by atoms with Crippen molar-refractivity contribution in [2.75, 3.05) is 13.1 Å². The molecule has 2 aliphatic rings. The van der Waals surface area contributed by atoms with Crippen molar-refractivity contribution in [3.05, 3.63) is 107 Å². The summed E-state index contributed by atoms with van der Waals surface area (Å²) in [4.78, 5) is 22.0. The second kappa shape index (κ2) is 8.53. The molecule has 0 bridgehead atoms. The first-order valence-electron chi connectivity index (χ1n) is 11.0. The van der Waals surface area contributed by atoms with Gasteiger partial charge in [-0.15, -0.1) is 0 Å². The standard InChI is InChI=1S/C27H25ClN2O2/c1-19(20-10-4-2-5-11-20)30-17-16-24(31)27(18-30)25(22-14-8-9-15-23(22)28)26(29-32-27)21-12-6-3-7-13-21/h2-15,19,25H,16-18H2,1H3/t19-,25-,27?/m1/s1. The molecule has 2 heterocycles. The highest BCUT2D eigenvalue weighted by atomic mass is 35.5. The van der Waals surface area contributed by atoms with Crippen LogP contribution in [0.15, 0.2) is 90.1 Å². The lowest BCUT2D eigenvalue weighted by Gasteiger charge is -2.43. The van der Waals surface area contributed by atoms with Crippen molar-refractivity contribution in [2.45, 2.75) is 30.9 Å². The third-order valence-corrected chi connectivity index (χ3v) is 7.04. The van der Waals surface area contributed by atoms with Crippen molar-refractivity contribution in [3.8, 4) is 0 Å². The van der Waals surface area contributed by atoms with Crippen molar-refractivity contribution in [2.24, 2.45) is 5.16 Å². The van der Waals surface area contributed by atoms with Crippen molar-refractivity contribution in [1.29, 1.82) is 0 Å². The number of likely N-dealkylation sites (tertiary alicyclic amines) is 1. The largest absolute Gasteiger partial charge is 0.378 e. The zero-order valence-electron chi connectivity index (χ0n) is 17.9. The highest BCUT2D eigenvalue weighted by molar-refractivity contribution is 6.32. The van der Waals surface area contributed by atoms with Gasteiger partial charge in [-0.2, -0.15) is 0 Å². The average Bonchev–Trinajstić information content (AvgIpc) is 3.21. The summed E-state index contributed by atoms with van der Waals surface area (Å²) >= 11 is 6.67. The molecule has 1 saturated heterocycles. The first-order chi connectivity index (χ1) is 15.6. The molecule has 0 amide bonds. The van der Waals surface area contributed by atoms with Gasteiger partial charge in [0, 0.05) is 36.1 Å². The lowest BCUT2D eigenvalue weighted by molar-refractivity contribution is -0.153. The van der Waals surface area contributed by atoms with Gasteiger partial charge in [0.1, 0.15) is 0 Å². The van der Waals surface area contributed by atoms with Crippen LogP contribution in [0.25, 0.3) is 0 Å². The molecule has 3 aromatic carbocycles. The van der Waals surface area contributed by atoms with Gasteiger partial charge in [-0.05, 0) is 24.1 Å². The fourth-order valence-electron chi connectivity index (χ4n) is 4.92. The number of oxime groups is 1. The predicted octanol–water partition coefficient (Wildman–Crippen LogP) is 5.63. The fraction of sp³-hybridized carbons (Fsp3) is 0.259. The number of halogens is 1. The molecule has 4 nitrogen and oxygen atoms in total. The van der Waals surface area contributed by atoms with Crippen LogP contribution < -0.4 is 0 Å². The van der Waals surface area contributed by atoms with Crippen LogP contribution in [0.4, 0.5) is 0 Å². The molecule has 2 aliphatic heterocycles. The van der Waals surface area contributed by atoms with Crippen LogP contribution in [0.3, 0.4) is 0 Å². The molecule has 3 aromatic rings. The smallest absolute Gasteiger partial charge is 0.220 e. The average molecular weight is 445 g/mol. The van der Waals surface area contributed by atoms with E-state index in [1.165, 1.54) is 5.56 Å². The van der Waals surface area contributed by atoms with Crippen molar-refractivity contribution in [1.82, 2.24) is 4.90 Å². The quantitative estimate of drug-likeness (QED) is 0.523. The molecule has 0 aliphatic carbocycles. The molecule has 1 spiro atoms. The second-order valence-electron chi connectivity index (χ2n) is 8.51. The number of carbonyl (C=O) groups excluding carboxylic acids is 1.